The Balaban J connectivity index is 1.65. The fraction of sp³-hybridized carbons (Fsp3) is 0.588. The summed E-state index contributed by atoms with van der Waals surface area (Å²) in [5.41, 5.74) is 7.02. The third-order valence-electron chi connectivity index (χ3n) is 4.86. The zero-order chi connectivity index (χ0) is 14.8. The lowest BCUT2D eigenvalue weighted by molar-refractivity contribution is -0.121. The maximum absolute atomic E-state index is 12.5. The van der Waals surface area contributed by atoms with Crippen molar-refractivity contribution in [2.75, 3.05) is 11.9 Å². The van der Waals surface area contributed by atoms with Gasteiger partial charge in [-0.25, -0.2) is 0 Å². The van der Waals surface area contributed by atoms with Gasteiger partial charge in [0.1, 0.15) is 5.75 Å². The molecular formula is C17H24N2O2. The Labute approximate surface area is 126 Å². The van der Waals surface area contributed by atoms with E-state index in [0.29, 0.717) is 18.4 Å². The van der Waals surface area contributed by atoms with Gasteiger partial charge in [-0.3, -0.25) is 4.79 Å². The molecule has 0 saturated heterocycles. The van der Waals surface area contributed by atoms with E-state index in [9.17, 15) is 4.79 Å². The molecule has 4 nitrogen and oxygen atoms in total. The van der Waals surface area contributed by atoms with Crippen molar-refractivity contribution in [2.45, 2.75) is 38.6 Å². The molecule has 2 aliphatic carbocycles. The number of ether oxygens (including phenoxy) is 1. The molecule has 2 fully saturated rings. The largest absolute Gasteiger partial charge is 0.494 e. The lowest BCUT2D eigenvalue weighted by Gasteiger charge is -2.27. The molecule has 21 heavy (non-hydrogen) atoms. The quantitative estimate of drug-likeness (QED) is 0.875. The number of anilines is 1. The van der Waals surface area contributed by atoms with Gasteiger partial charge in [0, 0.05) is 17.8 Å². The van der Waals surface area contributed by atoms with Gasteiger partial charge in [-0.2, -0.15) is 0 Å². The van der Waals surface area contributed by atoms with Gasteiger partial charge in [0.25, 0.3) is 0 Å². The van der Waals surface area contributed by atoms with E-state index in [2.05, 4.69) is 12.2 Å². The minimum atomic E-state index is -0.0241. The summed E-state index contributed by atoms with van der Waals surface area (Å²) >= 11 is 0. The summed E-state index contributed by atoms with van der Waals surface area (Å²) in [6.07, 6.45) is 4.43. The molecule has 1 aromatic rings. The van der Waals surface area contributed by atoms with Gasteiger partial charge in [0.2, 0.25) is 5.91 Å². The Morgan fingerprint density at radius 2 is 2.19 bits per heavy atom. The smallest absolute Gasteiger partial charge is 0.229 e. The van der Waals surface area contributed by atoms with E-state index in [1.165, 1.54) is 6.42 Å². The van der Waals surface area contributed by atoms with Crippen LogP contribution in [0, 0.1) is 17.8 Å². The van der Waals surface area contributed by atoms with E-state index in [-0.39, 0.29) is 17.9 Å². The molecule has 0 heterocycles. The van der Waals surface area contributed by atoms with E-state index in [1.807, 2.05) is 24.3 Å². The molecule has 2 bridgehead atoms. The fourth-order valence-corrected chi connectivity index (χ4v) is 3.83. The van der Waals surface area contributed by atoms with Crippen molar-refractivity contribution >= 4 is 11.6 Å². The summed E-state index contributed by atoms with van der Waals surface area (Å²) in [5, 5.41) is 3.02. The topological polar surface area (TPSA) is 64.3 Å². The Kier molecular flexibility index (Phi) is 4.15. The van der Waals surface area contributed by atoms with Crippen LogP contribution in [0.5, 0.6) is 5.75 Å². The number of fused-ring (bicyclic) bond motifs is 2. The van der Waals surface area contributed by atoms with Gasteiger partial charge < -0.3 is 15.8 Å². The average Bonchev–Trinajstić information content (AvgIpc) is 3.06. The highest BCUT2D eigenvalue weighted by atomic mass is 16.5. The second-order valence-corrected chi connectivity index (χ2v) is 6.30. The molecule has 1 aromatic carbocycles. The van der Waals surface area contributed by atoms with Crippen LogP contribution in [0.25, 0.3) is 0 Å². The maximum atomic E-state index is 12.5. The standard InChI is InChI=1S/C17H24N2O2/c1-2-8-21-14-5-3-4-13(10-14)19-17(20)15-11-6-7-12(9-11)16(15)18/h3-5,10-12,15-16H,2,6-9,18H2,1H3,(H,19,20). The van der Waals surface area contributed by atoms with Gasteiger partial charge in [-0.05, 0) is 49.7 Å². The first-order valence-electron chi connectivity index (χ1n) is 7.98. The minimum absolute atomic E-state index is 0.0241. The molecule has 0 aliphatic heterocycles. The number of nitrogens with one attached hydrogen (secondary N) is 1. The van der Waals surface area contributed by atoms with Crippen molar-refractivity contribution in [3.05, 3.63) is 24.3 Å². The summed E-state index contributed by atoms with van der Waals surface area (Å²) < 4.78 is 5.60. The summed E-state index contributed by atoms with van der Waals surface area (Å²) in [5.74, 6) is 1.87. The van der Waals surface area contributed by atoms with Crippen LogP contribution in [-0.2, 0) is 4.79 Å². The SMILES string of the molecule is CCCOc1cccc(NC(=O)C2C3CCC(C3)C2N)c1. The Morgan fingerprint density at radius 3 is 2.90 bits per heavy atom. The molecule has 2 aliphatic rings. The number of hydrogen-bond acceptors (Lipinski definition) is 3. The highest BCUT2D eigenvalue weighted by Gasteiger charge is 2.49. The number of carbonyl (C=O) groups excluding carboxylic acids is 1. The van der Waals surface area contributed by atoms with Crippen molar-refractivity contribution in [1.82, 2.24) is 0 Å². The van der Waals surface area contributed by atoms with E-state index in [1.54, 1.807) is 0 Å². The molecule has 3 rings (SSSR count). The Hall–Kier alpha value is -1.55. The fourth-order valence-electron chi connectivity index (χ4n) is 3.83. The van der Waals surface area contributed by atoms with E-state index >= 15 is 0 Å². The summed E-state index contributed by atoms with van der Waals surface area (Å²) in [7, 11) is 0. The predicted octanol–water partition coefficient (Wildman–Crippen LogP) is 2.79. The highest BCUT2D eigenvalue weighted by Crippen LogP contribution is 2.47. The van der Waals surface area contributed by atoms with Crippen LogP contribution in [0.15, 0.2) is 24.3 Å². The molecular weight excluding hydrogens is 264 g/mol. The van der Waals surface area contributed by atoms with Crippen LogP contribution in [-0.4, -0.2) is 18.6 Å². The lowest BCUT2D eigenvalue weighted by atomic mass is 9.84. The van der Waals surface area contributed by atoms with Crippen LogP contribution in [0.3, 0.4) is 0 Å². The van der Waals surface area contributed by atoms with Crippen LogP contribution in [0.1, 0.15) is 32.6 Å². The molecule has 114 valence electrons. The average molecular weight is 288 g/mol. The van der Waals surface area contributed by atoms with Crippen LogP contribution >= 0.6 is 0 Å². The van der Waals surface area contributed by atoms with Crippen LogP contribution in [0.4, 0.5) is 5.69 Å². The summed E-state index contributed by atoms with van der Waals surface area (Å²) in [4.78, 5) is 12.5. The highest BCUT2D eigenvalue weighted by molar-refractivity contribution is 5.93. The lowest BCUT2D eigenvalue weighted by Crippen LogP contribution is -2.42. The monoisotopic (exact) mass is 288 g/mol. The molecule has 4 atom stereocenters. The van der Waals surface area contributed by atoms with Crippen molar-refractivity contribution in [2.24, 2.45) is 23.5 Å². The number of benzene rings is 1. The van der Waals surface area contributed by atoms with E-state index < -0.39 is 0 Å². The number of amides is 1. The van der Waals surface area contributed by atoms with Crippen molar-refractivity contribution in [3.8, 4) is 5.75 Å². The first-order valence-corrected chi connectivity index (χ1v) is 7.98. The van der Waals surface area contributed by atoms with Gasteiger partial charge in [0.15, 0.2) is 0 Å². The number of hydrogen-bond donors (Lipinski definition) is 2. The first kappa shape index (κ1) is 14.4. The van der Waals surface area contributed by atoms with Gasteiger partial charge in [-0.1, -0.05) is 13.0 Å². The van der Waals surface area contributed by atoms with E-state index in [4.69, 9.17) is 10.5 Å². The van der Waals surface area contributed by atoms with Crippen molar-refractivity contribution < 1.29 is 9.53 Å². The van der Waals surface area contributed by atoms with Gasteiger partial charge >= 0.3 is 0 Å². The van der Waals surface area contributed by atoms with Crippen LogP contribution in [0.2, 0.25) is 0 Å². The summed E-state index contributed by atoms with van der Waals surface area (Å²) in [6.45, 7) is 2.76. The molecule has 1 amide bonds. The molecule has 0 radical (unpaired) electrons. The second-order valence-electron chi connectivity index (χ2n) is 6.30. The molecule has 4 unspecified atom stereocenters. The first-order chi connectivity index (χ1) is 10.2. The molecule has 4 heteroatoms. The number of carbonyl (C=O) groups is 1. The minimum Gasteiger partial charge on any atom is -0.494 e. The van der Waals surface area contributed by atoms with Gasteiger partial charge in [0.05, 0.1) is 12.5 Å². The van der Waals surface area contributed by atoms with Crippen molar-refractivity contribution in [3.63, 3.8) is 0 Å². The van der Waals surface area contributed by atoms with Gasteiger partial charge in [-0.15, -0.1) is 0 Å². The maximum Gasteiger partial charge on any atom is 0.229 e. The molecule has 3 N–H and O–H groups in total. The molecule has 0 spiro atoms. The predicted molar refractivity (Wildman–Crippen MR) is 83.2 cm³/mol. The Bertz CT molecular complexity index is 515. The zero-order valence-corrected chi connectivity index (χ0v) is 12.5. The number of rotatable bonds is 5. The molecule has 0 aromatic heterocycles. The van der Waals surface area contributed by atoms with Crippen LogP contribution < -0.4 is 15.8 Å². The zero-order valence-electron chi connectivity index (χ0n) is 12.5. The number of nitrogens with two attached hydrogens (primary N) is 1. The third kappa shape index (κ3) is 2.91. The van der Waals surface area contributed by atoms with E-state index in [0.717, 1.165) is 30.7 Å². The third-order valence-corrected chi connectivity index (χ3v) is 4.86. The van der Waals surface area contributed by atoms with Crippen molar-refractivity contribution in [1.29, 1.82) is 0 Å². The molecule has 2 saturated carbocycles. The summed E-state index contributed by atoms with van der Waals surface area (Å²) in [6, 6.07) is 7.63. The normalized spacial score (nSPS) is 30.4. The Morgan fingerprint density at radius 1 is 1.38 bits per heavy atom. The second kappa shape index (κ2) is 6.06.